The molecule has 0 fully saturated rings. The summed E-state index contributed by atoms with van der Waals surface area (Å²) in [5, 5.41) is 0.576. The van der Waals surface area contributed by atoms with Gasteiger partial charge in [-0.25, -0.2) is 4.39 Å². The Morgan fingerprint density at radius 1 is 1.29 bits per heavy atom. The first-order valence-electron chi connectivity index (χ1n) is 6.67. The Morgan fingerprint density at radius 2 is 2.05 bits per heavy atom. The van der Waals surface area contributed by atoms with Crippen molar-refractivity contribution in [3.8, 4) is 11.5 Å². The third-order valence-electron chi connectivity index (χ3n) is 3.18. The predicted molar refractivity (Wildman–Crippen MR) is 87.6 cm³/mol. The van der Waals surface area contributed by atoms with Gasteiger partial charge in [-0.3, -0.25) is 0 Å². The highest BCUT2D eigenvalue weighted by atomic mass is 79.9. The lowest BCUT2D eigenvalue weighted by molar-refractivity contribution is 0.435. The smallest absolute Gasteiger partial charge is 0.165 e. The molecule has 2 rings (SSSR count). The Hall–Kier alpha value is -1.10. The molecule has 0 aliphatic carbocycles. The van der Waals surface area contributed by atoms with Gasteiger partial charge in [-0.2, -0.15) is 0 Å². The molecule has 0 aliphatic rings. The van der Waals surface area contributed by atoms with Gasteiger partial charge in [0.15, 0.2) is 11.6 Å². The second-order valence-electron chi connectivity index (χ2n) is 4.77. The fraction of sp³-hybridized carbons (Fsp3) is 0.250. The maximum absolute atomic E-state index is 13.8. The van der Waals surface area contributed by atoms with Crippen LogP contribution in [0.5, 0.6) is 11.5 Å². The monoisotopic (exact) mass is 371 g/mol. The number of ether oxygens (including phenoxy) is 1. The standard InChI is InChI=1S/C16H16BrClFNO/c1-2-11(20)9-12-13(18)4-3-5-15(12)21-16-8-10(17)6-7-14(16)19/h3-8,11H,2,9,20H2,1H3. The summed E-state index contributed by atoms with van der Waals surface area (Å²) in [6, 6.07) is 9.86. The van der Waals surface area contributed by atoms with E-state index in [4.69, 9.17) is 22.1 Å². The molecular formula is C16H16BrClFNO. The third-order valence-corrected chi connectivity index (χ3v) is 4.03. The van der Waals surface area contributed by atoms with Crippen LogP contribution in [0.3, 0.4) is 0 Å². The Bertz CT molecular complexity index is 636. The van der Waals surface area contributed by atoms with Gasteiger partial charge in [0.1, 0.15) is 5.75 Å². The molecule has 2 aromatic rings. The van der Waals surface area contributed by atoms with Crippen LogP contribution in [0.4, 0.5) is 4.39 Å². The van der Waals surface area contributed by atoms with E-state index in [9.17, 15) is 4.39 Å². The van der Waals surface area contributed by atoms with E-state index in [2.05, 4.69) is 15.9 Å². The number of hydrogen-bond donors (Lipinski definition) is 1. The van der Waals surface area contributed by atoms with Crippen molar-refractivity contribution in [1.82, 2.24) is 0 Å². The zero-order valence-corrected chi connectivity index (χ0v) is 13.9. The van der Waals surface area contributed by atoms with E-state index in [-0.39, 0.29) is 11.8 Å². The summed E-state index contributed by atoms with van der Waals surface area (Å²) >= 11 is 9.53. The number of hydrogen-bond acceptors (Lipinski definition) is 2. The average molecular weight is 373 g/mol. The highest BCUT2D eigenvalue weighted by Crippen LogP contribution is 2.33. The van der Waals surface area contributed by atoms with Gasteiger partial charge >= 0.3 is 0 Å². The molecule has 2 N–H and O–H groups in total. The van der Waals surface area contributed by atoms with Gasteiger partial charge in [-0.1, -0.05) is 40.5 Å². The molecule has 0 saturated carbocycles. The quantitative estimate of drug-likeness (QED) is 0.771. The summed E-state index contributed by atoms with van der Waals surface area (Å²) in [5.41, 5.74) is 6.79. The molecule has 0 heterocycles. The minimum absolute atomic E-state index is 0.0143. The molecule has 5 heteroatoms. The predicted octanol–water partition coefficient (Wildman–Crippen LogP) is 5.31. The molecule has 0 radical (unpaired) electrons. The molecule has 2 nitrogen and oxygen atoms in total. The molecule has 0 spiro atoms. The minimum Gasteiger partial charge on any atom is -0.454 e. The lowest BCUT2D eigenvalue weighted by Crippen LogP contribution is -2.21. The Balaban J connectivity index is 2.35. The van der Waals surface area contributed by atoms with Crippen LogP contribution < -0.4 is 10.5 Å². The zero-order chi connectivity index (χ0) is 15.4. The van der Waals surface area contributed by atoms with Crippen molar-refractivity contribution in [1.29, 1.82) is 0 Å². The second-order valence-corrected chi connectivity index (χ2v) is 6.09. The number of rotatable bonds is 5. The summed E-state index contributed by atoms with van der Waals surface area (Å²) in [7, 11) is 0. The van der Waals surface area contributed by atoms with E-state index in [1.807, 2.05) is 6.92 Å². The summed E-state index contributed by atoms with van der Waals surface area (Å²) in [6.45, 7) is 2.01. The van der Waals surface area contributed by atoms with Crippen LogP contribution >= 0.6 is 27.5 Å². The van der Waals surface area contributed by atoms with Crippen LogP contribution in [-0.2, 0) is 6.42 Å². The zero-order valence-electron chi connectivity index (χ0n) is 11.6. The molecule has 0 aliphatic heterocycles. The molecule has 2 aromatic carbocycles. The number of nitrogens with two attached hydrogens (primary N) is 1. The first-order valence-corrected chi connectivity index (χ1v) is 7.84. The van der Waals surface area contributed by atoms with Crippen molar-refractivity contribution in [2.24, 2.45) is 5.73 Å². The van der Waals surface area contributed by atoms with Crippen molar-refractivity contribution in [2.75, 3.05) is 0 Å². The van der Waals surface area contributed by atoms with Gasteiger partial charge in [0, 0.05) is 21.1 Å². The lowest BCUT2D eigenvalue weighted by Gasteiger charge is -2.16. The van der Waals surface area contributed by atoms with Gasteiger partial charge in [0.2, 0.25) is 0 Å². The molecule has 21 heavy (non-hydrogen) atoms. The Morgan fingerprint density at radius 3 is 2.76 bits per heavy atom. The Kier molecular flexibility index (Phi) is 5.62. The highest BCUT2D eigenvalue weighted by molar-refractivity contribution is 9.10. The van der Waals surface area contributed by atoms with E-state index in [0.717, 1.165) is 16.5 Å². The fourth-order valence-electron chi connectivity index (χ4n) is 1.91. The van der Waals surface area contributed by atoms with Gasteiger partial charge in [0.05, 0.1) is 0 Å². The molecule has 1 atom stereocenters. The van der Waals surface area contributed by atoms with Gasteiger partial charge < -0.3 is 10.5 Å². The lowest BCUT2D eigenvalue weighted by atomic mass is 10.0. The van der Waals surface area contributed by atoms with Crippen molar-refractivity contribution in [3.05, 3.63) is 57.3 Å². The summed E-state index contributed by atoms with van der Waals surface area (Å²) < 4.78 is 20.3. The minimum atomic E-state index is -0.427. The largest absolute Gasteiger partial charge is 0.454 e. The van der Waals surface area contributed by atoms with Gasteiger partial charge in [-0.15, -0.1) is 0 Å². The van der Waals surface area contributed by atoms with Crippen molar-refractivity contribution in [2.45, 2.75) is 25.8 Å². The topological polar surface area (TPSA) is 35.2 Å². The maximum atomic E-state index is 13.8. The van der Waals surface area contributed by atoms with E-state index in [1.165, 1.54) is 6.07 Å². The third kappa shape index (κ3) is 4.19. The SMILES string of the molecule is CCC(N)Cc1c(Cl)cccc1Oc1cc(Br)ccc1F. The normalized spacial score (nSPS) is 12.2. The van der Waals surface area contributed by atoms with E-state index in [1.54, 1.807) is 30.3 Å². The molecule has 1 unspecified atom stereocenters. The molecule has 0 aromatic heterocycles. The average Bonchev–Trinajstić information content (AvgIpc) is 2.46. The van der Waals surface area contributed by atoms with Crippen molar-refractivity contribution in [3.63, 3.8) is 0 Å². The number of halogens is 3. The first-order chi connectivity index (χ1) is 10.0. The molecule has 0 bridgehead atoms. The van der Waals surface area contributed by atoms with Crippen LogP contribution in [0.1, 0.15) is 18.9 Å². The Labute approximate surface area is 137 Å². The molecule has 112 valence electrons. The van der Waals surface area contributed by atoms with Crippen molar-refractivity contribution < 1.29 is 9.13 Å². The van der Waals surface area contributed by atoms with Crippen LogP contribution in [-0.4, -0.2) is 6.04 Å². The van der Waals surface area contributed by atoms with Crippen molar-refractivity contribution >= 4 is 27.5 Å². The summed E-state index contributed by atoms with van der Waals surface area (Å²) in [5.74, 6) is 0.255. The van der Waals surface area contributed by atoms with Crippen LogP contribution in [0, 0.1) is 5.82 Å². The number of benzene rings is 2. The molecule has 0 amide bonds. The molecular weight excluding hydrogens is 357 g/mol. The maximum Gasteiger partial charge on any atom is 0.165 e. The van der Waals surface area contributed by atoms with Gasteiger partial charge in [0.25, 0.3) is 0 Å². The van der Waals surface area contributed by atoms with Crippen LogP contribution in [0.25, 0.3) is 0 Å². The van der Waals surface area contributed by atoms with Crippen LogP contribution in [0.2, 0.25) is 5.02 Å². The van der Waals surface area contributed by atoms with E-state index < -0.39 is 5.82 Å². The van der Waals surface area contributed by atoms with Gasteiger partial charge in [-0.05, 0) is 43.2 Å². The van der Waals surface area contributed by atoms with E-state index in [0.29, 0.717) is 17.2 Å². The fourth-order valence-corrected chi connectivity index (χ4v) is 2.50. The molecule has 0 saturated heterocycles. The first kappa shape index (κ1) is 16.3. The summed E-state index contributed by atoms with van der Waals surface area (Å²) in [4.78, 5) is 0. The van der Waals surface area contributed by atoms with Crippen LogP contribution in [0.15, 0.2) is 40.9 Å². The highest BCUT2D eigenvalue weighted by Gasteiger charge is 2.14. The second kappa shape index (κ2) is 7.25. The summed E-state index contributed by atoms with van der Waals surface area (Å²) in [6.07, 6.45) is 1.41. The van der Waals surface area contributed by atoms with E-state index >= 15 is 0 Å².